The zero-order valence-corrected chi connectivity index (χ0v) is 9.58. The number of pyridine rings is 1. The van der Waals surface area contributed by atoms with Crippen molar-refractivity contribution in [1.82, 2.24) is 4.98 Å². The van der Waals surface area contributed by atoms with E-state index < -0.39 is 0 Å². The summed E-state index contributed by atoms with van der Waals surface area (Å²) in [5, 5.41) is 6.35. The van der Waals surface area contributed by atoms with Crippen molar-refractivity contribution in [2.45, 2.75) is 19.9 Å². The van der Waals surface area contributed by atoms with Gasteiger partial charge in [-0.15, -0.1) is 0 Å². The lowest BCUT2D eigenvalue weighted by Gasteiger charge is -2.15. The monoisotopic (exact) mass is 209 g/mol. The van der Waals surface area contributed by atoms with Crippen molar-refractivity contribution >= 4 is 11.5 Å². The minimum Gasteiger partial charge on any atom is -0.380 e. The first-order chi connectivity index (χ1) is 7.26. The van der Waals surface area contributed by atoms with Gasteiger partial charge >= 0.3 is 0 Å². The third-order valence-electron chi connectivity index (χ3n) is 2.00. The number of anilines is 2. The molecule has 0 saturated carbocycles. The molecule has 0 amide bonds. The van der Waals surface area contributed by atoms with Crippen molar-refractivity contribution < 1.29 is 4.74 Å². The van der Waals surface area contributed by atoms with Crippen LogP contribution in [0.5, 0.6) is 0 Å². The molecule has 1 aromatic heterocycles. The van der Waals surface area contributed by atoms with Gasteiger partial charge in [0.15, 0.2) is 0 Å². The van der Waals surface area contributed by atoms with Crippen LogP contribution < -0.4 is 10.6 Å². The molecule has 4 heteroatoms. The number of hydrogen-bond donors (Lipinski definition) is 2. The third-order valence-corrected chi connectivity index (χ3v) is 2.00. The van der Waals surface area contributed by atoms with E-state index >= 15 is 0 Å². The van der Waals surface area contributed by atoms with Crippen molar-refractivity contribution in [3.8, 4) is 0 Å². The first-order valence-corrected chi connectivity index (χ1v) is 5.24. The first kappa shape index (κ1) is 11.8. The highest BCUT2D eigenvalue weighted by Gasteiger charge is 2.02. The highest BCUT2D eigenvalue weighted by atomic mass is 16.5. The molecule has 84 valence electrons. The predicted octanol–water partition coefficient (Wildman–Crippen LogP) is 1.96. The molecular formula is C11H19N3O. The lowest BCUT2D eigenvalue weighted by atomic mass is 10.3. The number of nitrogens with one attached hydrogen (secondary N) is 2. The van der Waals surface area contributed by atoms with Gasteiger partial charge in [0.2, 0.25) is 0 Å². The van der Waals surface area contributed by atoms with Crippen LogP contribution in [0.2, 0.25) is 0 Å². The van der Waals surface area contributed by atoms with Crippen molar-refractivity contribution in [1.29, 1.82) is 0 Å². The minimum absolute atomic E-state index is 0.303. The van der Waals surface area contributed by atoms with Crippen molar-refractivity contribution in [3.05, 3.63) is 18.3 Å². The van der Waals surface area contributed by atoms with Crippen molar-refractivity contribution in [2.24, 2.45) is 0 Å². The average Bonchev–Trinajstić information content (AvgIpc) is 2.26. The Hall–Kier alpha value is -1.29. The van der Waals surface area contributed by atoms with E-state index in [1.165, 1.54) is 0 Å². The molecule has 0 aromatic carbocycles. The van der Waals surface area contributed by atoms with E-state index in [4.69, 9.17) is 4.74 Å². The standard InChI is InChI=1S/C11H19N3O/c1-4-15-8-9(2)14-10-5-6-13-11(7-10)12-3/h5-7,9H,4,8H2,1-3H3,(H2,12,13,14). The zero-order valence-electron chi connectivity index (χ0n) is 9.58. The minimum atomic E-state index is 0.303. The van der Waals surface area contributed by atoms with E-state index in [0.717, 1.165) is 18.1 Å². The largest absolute Gasteiger partial charge is 0.380 e. The van der Waals surface area contributed by atoms with Gasteiger partial charge in [-0.1, -0.05) is 0 Å². The number of aromatic nitrogens is 1. The van der Waals surface area contributed by atoms with Crippen LogP contribution in [-0.2, 0) is 4.74 Å². The van der Waals surface area contributed by atoms with E-state index in [1.807, 2.05) is 26.1 Å². The molecule has 1 rings (SSSR count). The summed E-state index contributed by atoms with van der Waals surface area (Å²) in [7, 11) is 1.86. The molecule has 0 fully saturated rings. The Morgan fingerprint density at radius 1 is 1.53 bits per heavy atom. The SMILES string of the molecule is CCOCC(C)Nc1ccnc(NC)c1. The molecule has 0 radical (unpaired) electrons. The highest BCUT2D eigenvalue weighted by Crippen LogP contribution is 2.12. The second-order valence-corrected chi connectivity index (χ2v) is 3.38. The van der Waals surface area contributed by atoms with E-state index in [0.29, 0.717) is 12.6 Å². The molecule has 1 unspecified atom stereocenters. The number of nitrogens with zero attached hydrogens (tertiary/aromatic N) is 1. The van der Waals surface area contributed by atoms with Gasteiger partial charge in [-0.3, -0.25) is 0 Å². The molecule has 2 N–H and O–H groups in total. The molecule has 0 saturated heterocycles. The molecule has 15 heavy (non-hydrogen) atoms. The Morgan fingerprint density at radius 3 is 3.00 bits per heavy atom. The second-order valence-electron chi connectivity index (χ2n) is 3.38. The van der Waals surface area contributed by atoms with E-state index in [2.05, 4.69) is 22.5 Å². The number of hydrogen-bond acceptors (Lipinski definition) is 4. The first-order valence-electron chi connectivity index (χ1n) is 5.24. The van der Waals surface area contributed by atoms with Crippen LogP contribution in [0.3, 0.4) is 0 Å². The summed E-state index contributed by atoms with van der Waals surface area (Å²) in [5.41, 5.74) is 1.06. The van der Waals surface area contributed by atoms with E-state index in [9.17, 15) is 0 Å². The molecule has 0 aliphatic carbocycles. The molecule has 1 aromatic rings. The predicted molar refractivity (Wildman–Crippen MR) is 63.4 cm³/mol. The molecular weight excluding hydrogens is 190 g/mol. The summed E-state index contributed by atoms with van der Waals surface area (Å²) in [6.07, 6.45) is 1.78. The van der Waals surface area contributed by atoms with Gasteiger partial charge in [-0.05, 0) is 19.9 Å². The van der Waals surface area contributed by atoms with Gasteiger partial charge < -0.3 is 15.4 Å². The normalized spacial score (nSPS) is 12.2. The van der Waals surface area contributed by atoms with Crippen LogP contribution in [0, 0.1) is 0 Å². The summed E-state index contributed by atoms with van der Waals surface area (Å²) in [6, 6.07) is 4.23. The fourth-order valence-electron chi connectivity index (χ4n) is 1.28. The molecule has 0 bridgehead atoms. The maximum Gasteiger partial charge on any atom is 0.127 e. The van der Waals surface area contributed by atoms with Crippen LogP contribution >= 0.6 is 0 Å². The summed E-state index contributed by atoms with van der Waals surface area (Å²) in [6.45, 7) is 5.56. The van der Waals surface area contributed by atoms with Gasteiger partial charge in [-0.25, -0.2) is 4.98 Å². The van der Waals surface area contributed by atoms with Gasteiger partial charge in [0.05, 0.1) is 6.61 Å². The Kier molecular flexibility index (Phi) is 4.90. The molecule has 0 aliphatic heterocycles. The van der Waals surface area contributed by atoms with Gasteiger partial charge in [0.25, 0.3) is 0 Å². The van der Waals surface area contributed by atoms with Crippen LogP contribution in [0.1, 0.15) is 13.8 Å². The maximum absolute atomic E-state index is 5.33. The fraction of sp³-hybridized carbons (Fsp3) is 0.545. The Morgan fingerprint density at radius 2 is 2.33 bits per heavy atom. The summed E-state index contributed by atoms with van der Waals surface area (Å²) < 4.78 is 5.33. The fourth-order valence-corrected chi connectivity index (χ4v) is 1.28. The quantitative estimate of drug-likeness (QED) is 0.752. The average molecular weight is 209 g/mol. The Balaban J connectivity index is 2.48. The highest BCUT2D eigenvalue weighted by molar-refractivity contribution is 5.51. The van der Waals surface area contributed by atoms with Gasteiger partial charge in [-0.2, -0.15) is 0 Å². The topological polar surface area (TPSA) is 46.2 Å². The third kappa shape index (κ3) is 4.16. The molecule has 0 spiro atoms. The number of ether oxygens (including phenoxy) is 1. The molecule has 0 aliphatic rings. The summed E-state index contributed by atoms with van der Waals surface area (Å²) >= 11 is 0. The maximum atomic E-state index is 5.33. The summed E-state index contributed by atoms with van der Waals surface area (Å²) in [4.78, 5) is 4.14. The summed E-state index contributed by atoms with van der Waals surface area (Å²) in [5.74, 6) is 0.864. The molecule has 1 atom stereocenters. The van der Waals surface area contributed by atoms with Gasteiger partial charge in [0, 0.05) is 37.6 Å². The Bertz CT molecular complexity index is 291. The lowest BCUT2D eigenvalue weighted by molar-refractivity contribution is 0.141. The van der Waals surface area contributed by atoms with E-state index in [-0.39, 0.29) is 0 Å². The zero-order chi connectivity index (χ0) is 11.1. The van der Waals surface area contributed by atoms with Crippen LogP contribution in [-0.4, -0.2) is 31.3 Å². The Labute approximate surface area is 91.1 Å². The van der Waals surface area contributed by atoms with Crippen LogP contribution in [0.15, 0.2) is 18.3 Å². The number of rotatable bonds is 6. The molecule has 1 heterocycles. The molecule has 4 nitrogen and oxygen atoms in total. The van der Waals surface area contributed by atoms with Crippen LogP contribution in [0.25, 0.3) is 0 Å². The van der Waals surface area contributed by atoms with Gasteiger partial charge in [0.1, 0.15) is 5.82 Å². The van der Waals surface area contributed by atoms with Crippen molar-refractivity contribution in [3.63, 3.8) is 0 Å². The second kappa shape index (κ2) is 6.24. The van der Waals surface area contributed by atoms with E-state index in [1.54, 1.807) is 6.20 Å². The van der Waals surface area contributed by atoms with Crippen molar-refractivity contribution in [2.75, 3.05) is 30.9 Å². The smallest absolute Gasteiger partial charge is 0.127 e. The lowest BCUT2D eigenvalue weighted by Crippen LogP contribution is -2.21. The van der Waals surface area contributed by atoms with Crippen LogP contribution in [0.4, 0.5) is 11.5 Å².